The summed E-state index contributed by atoms with van der Waals surface area (Å²) in [6.45, 7) is -0.700. The molecule has 1 N–H and O–H groups in total. The van der Waals surface area contributed by atoms with Crippen molar-refractivity contribution in [3.8, 4) is 0 Å². The van der Waals surface area contributed by atoms with E-state index >= 15 is 0 Å². The van der Waals surface area contributed by atoms with Gasteiger partial charge in [-0.3, -0.25) is 4.55 Å². The number of hydrogen-bond acceptors (Lipinski definition) is 7. The topological polar surface area (TPSA) is 127 Å². The van der Waals surface area contributed by atoms with Crippen LogP contribution in [0, 0.1) is 4.91 Å². The van der Waals surface area contributed by atoms with Gasteiger partial charge in [-0.1, -0.05) is 0 Å². The first kappa shape index (κ1) is 14.7. The summed E-state index contributed by atoms with van der Waals surface area (Å²) in [5.41, 5.74) is 0.0723. The average molecular weight is 295 g/mol. The van der Waals surface area contributed by atoms with Gasteiger partial charge >= 0.3 is 10.4 Å². The Bertz CT molecular complexity index is 618. The zero-order chi connectivity index (χ0) is 13.8. The summed E-state index contributed by atoms with van der Waals surface area (Å²) in [4.78, 5) is 10.0. The van der Waals surface area contributed by atoms with Crippen LogP contribution >= 0.6 is 0 Å². The molecule has 0 atom stereocenters. The van der Waals surface area contributed by atoms with Gasteiger partial charge < -0.3 is 0 Å². The third-order valence-electron chi connectivity index (χ3n) is 1.89. The van der Waals surface area contributed by atoms with E-state index in [1.165, 1.54) is 24.3 Å². The molecule has 1 aromatic rings. The number of nitrogens with zero attached hydrogens (tertiary/aromatic N) is 1. The van der Waals surface area contributed by atoms with Crippen LogP contribution in [0.15, 0.2) is 34.3 Å². The number of sulfone groups is 1. The predicted molar refractivity (Wildman–Crippen MR) is 61.5 cm³/mol. The quantitative estimate of drug-likeness (QED) is 0.603. The van der Waals surface area contributed by atoms with Crippen LogP contribution in [0.4, 0.5) is 5.69 Å². The van der Waals surface area contributed by atoms with E-state index in [4.69, 9.17) is 4.55 Å². The van der Waals surface area contributed by atoms with Crippen molar-refractivity contribution in [2.45, 2.75) is 4.90 Å². The second-order valence-electron chi connectivity index (χ2n) is 3.15. The van der Waals surface area contributed by atoms with Crippen molar-refractivity contribution < 1.29 is 25.6 Å². The molecule has 0 unspecified atom stereocenters. The maximum atomic E-state index is 11.7. The van der Waals surface area contributed by atoms with Crippen LogP contribution in [-0.2, 0) is 24.4 Å². The molecule has 0 saturated carbocycles. The Balaban J connectivity index is 2.77. The number of nitroso groups, excluding NO2 is 1. The molecule has 0 aliphatic rings. The first-order valence-corrected chi connectivity index (χ1v) is 7.54. The van der Waals surface area contributed by atoms with Gasteiger partial charge in [0.25, 0.3) is 0 Å². The van der Waals surface area contributed by atoms with Gasteiger partial charge in [0.2, 0.25) is 0 Å². The van der Waals surface area contributed by atoms with Gasteiger partial charge in [-0.05, 0) is 29.4 Å². The Labute approximate surface area is 103 Å². The van der Waals surface area contributed by atoms with Crippen molar-refractivity contribution in [1.29, 1.82) is 0 Å². The van der Waals surface area contributed by atoms with Crippen molar-refractivity contribution in [3.63, 3.8) is 0 Å². The Morgan fingerprint density at radius 2 is 1.67 bits per heavy atom. The van der Waals surface area contributed by atoms with E-state index in [0.717, 1.165) is 0 Å². The zero-order valence-corrected chi connectivity index (χ0v) is 10.5. The Kier molecular flexibility index (Phi) is 4.51. The fraction of sp³-hybridized carbons (Fsp3) is 0.250. The molecule has 0 fully saturated rings. The van der Waals surface area contributed by atoms with Crippen molar-refractivity contribution in [1.82, 2.24) is 0 Å². The normalized spacial score (nSPS) is 12.3. The molecule has 0 saturated heterocycles. The molecule has 1 aromatic carbocycles. The molecule has 0 aliphatic heterocycles. The summed E-state index contributed by atoms with van der Waals surface area (Å²) in [6.07, 6.45) is 0. The van der Waals surface area contributed by atoms with Crippen molar-refractivity contribution >= 4 is 25.9 Å². The maximum Gasteiger partial charge on any atom is 0.397 e. The molecule has 0 amide bonds. The van der Waals surface area contributed by atoms with E-state index in [1.54, 1.807) is 0 Å². The van der Waals surface area contributed by atoms with E-state index < -0.39 is 32.6 Å². The molecule has 1 rings (SSSR count). The summed E-state index contributed by atoms with van der Waals surface area (Å²) in [5, 5.41) is 2.61. The molecule has 0 heterocycles. The van der Waals surface area contributed by atoms with Crippen molar-refractivity contribution in [2.75, 3.05) is 12.4 Å². The van der Waals surface area contributed by atoms with Crippen LogP contribution in [0.5, 0.6) is 0 Å². The molecule has 0 aromatic heterocycles. The van der Waals surface area contributed by atoms with Crippen LogP contribution in [-0.4, -0.2) is 33.7 Å². The molecular weight excluding hydrogens is 286 g/mol. The third-order valence-corrected chi connectivity index (χ3v) is 4.04. The number of benzene rings is 1. The van der Waals surface area contributed by atoms with E-state index in [0.29, 0.717) is 0 Å². The third kappa shape index (κ3) is 4.49. The highest BCUT2D eigenvalue weighted by molar-refractivity contribution is 7.91. The zero-order valence-electron chi connectivity index (χ0n) is 8.88. The lowest BCUT2D eigenvalue weighted by atomic mass is 10.3. The average Bonchev–Trinajstić information content (AvgIpc) is 2.27. The predicted octanol–water partition coefficient (Wildman–Crippen LogP) is 0.678. The highest BCUT2D eigenvalue weighted by Gasteiger charge is 2.16. The molecule has 0 aliphatic carbocycles. The first-order chi connectivity index (χ1) is 8.24. The van der Waals surface area contributed by atoms with Crippen LogP contribution in [0.3, 0.4) is 0 Å². The molecule has 8 nitrogen and oxygen atoms in total. The SMILES string of the molecule is O=Nc1ccc(S(=O)(=O)CCOS(=O)(=O)O)cc1. The van der Waals surface area contributed by atoms with Gasteiger partial charge in [-0.2, -0.15) is 8.42 Å². The van der Waals surface area contributed by atoms with E-state index in [2.05, 4.69) is 9.36 Å². The summed E-state index contributed by atoms with van der Waals surface area (Å²) in [7, 11) is -8.41. The summed E-state index contributed by atoms with van der Waals surface area (Å²) < 4.78 is 55.9. The van der Waals surface area contributed by atoms with Crippen LogP contribution < -0.4 is 0 Å². The van der Waals surface area contributed by atoms with Crippen LogP contribution in [0.2, 0.25) is 0 Å². The Morgan fingerprint density at radius 1 is 1.11 bits per heavy atom. The summed E-state index contributed by atoms with van der Waals surface area (Å²) in [5.74, 6) is -0.624. The number of rotatable bonds is 6. The highest BCUT2D eigenvalue weighted by Crippen LogP contribution is 2.17. The summed E-state index contributed by atoms with van der Waals surface area (Å²) in [6, 6.07) is 4.76. The molecule has 10 heteroatoms. The van der Waals surface area contributed by atoms with E-state index in [1.807, 2.05) is 0 Å². The van der Waals surface area contributed by atoms with Crippen molar-refractivity contribution in [3.05, 3.63) is 29.2 Å². The molecule has 100 valence electrons. The second kappa shape index (κ2) is 5.52. The second-order valence-corrected chi connectivity index (χ2v) is 6.35. The van der Waals surface area contributed by atoms with E-state index in [-0.39, 0.29) is 10.6 Å². The standard InChI is InChI=1S/C8H9NO7S2/c10-9-7-1-3-8(4-2-7)17(11,12)6-5-16-18(13,14)15/h1-4H,5-6H2,(H,13,14,15). The van der Waals surface area contributed by atoms with E-state index in [9.17, 15) is 21.7 Å². The smallest absolute Gasteiger partial charge is 0.264 e. The van der Waals surface area contributed by atoms with Crippen LogP contribution in [0.1, 0.15) is 0 Å². The monoisotopic (exact) mass is 295 g/mol. The maximum absolute atomic E-state index is 11.7. The largest absolute Gasteiger partial charge is 0.397 e. The Morgan fingerprint density at radius 3 is 2.11 bits per heavy atom. The lowest BCUT2D eigenvalue weighted by Crippen LogP contribution is -2.15. The van der Waals surface area contributed by atoms with Gasteiger partial charge in [0, 0.05) is 0 Å². The summed E-state index contributed by atoms with van der Waals surface area (Å²) >= 11 is 0. The highest BCUT2D eigenvalue weighted by atomic mass is 32.3. The van der Waals surface area contributed by atoms with Crippen LogP contribution in [0.25, 0.3) is 0 Å². The lowest BCUT2D eigenvalue weighted by Gasteiger charge is -2.03. The van der Waals surface area contributed by atoms with Crippen molar-refractivity contribution in [2.24, 2.45) is 5.18 Å². The minimum Gasteiger partial charge on any atom is -0.264 e. The van der Waals surface area contributed by atoms with Gasteiger partial charge in [0.05, 0.1) is 17.3 Å². The molecule has 0 radical (unpaired) electrons. The minimum absolute atomic E-state index is 0.0723. The van der Waals surface area contributed by atoms with Gasteiger partial charge in [-0.15, -0.1) is 4.91 Å². The van der Waals surface area contributed by atoms with Gasteiger partial charge in [0.1, 0.15) is 5.69 Å². The van der Waals surface area contributed by atoms with Gasteiger partial charge in [-0.25, -0.2) is 12.6 Å². The van der Waals surface area contributed by atoms with Gasteiger partial charge in [0.15, 0.2) is 9.84 Å². The molecule has 18 heavy (non-hydrogen) atoms. The fourth-order valence-electron chi connectivity index (χ4n) is 1.08. The minimum atomic E-state index is -4.66. The number of hydrogen-bond donors (Lipinski definition) is 1. The first-order valence-electron chi connectivity index (χ1n) is 4.52. The molecular formula is C8H9NO7S2. The Hall–Kier alpha value is -1.36. The molecule has 0 spiro atoms. The molecule has 0 bridgehead atoms. The lowest BCUT2D eigenvalue weighted by molar-refractivity contribution is 0.284. The fourth-order valence-corrected chi connectivity index (χ4v) is 2.57.